The van der Waals surface area contributed by atoms with E-state index in [-0.39, 0.29) is 12.5 Å². The maximum absolute atomic E-state index is 9.27. The maximum atomic E-state index is 9.27. The Hall–Kier alpha value is -0.160. The molecular formula is C14H28O4. The molecule has 0 aliphatic carbocycles. The molecule has 4 nitrogen and oxygen atoms in total. The van der Waals surface area contributed by atoms with Crippen molar-refractivity contribution in [2.75, 3.05) is 13.7 Å². The highest BCUT2D eigenvalue weighted by atomic mass is 17.2. The van der Waals surface area contributed by atoms with Crippen LogP contribution in [0.1, 0.15) is 59.3 Å². The summed E-state index contributed by atoms with van der Waals surface area (Å²) < 4.78 is 5.54. The lowest BCUT2D eigenvalue weighted by molar-refractivity contribution is -0.402. The highest BCUT2D eigenvalue weighted by Crippen LogP contribution is 2.43. The third kappa shape index (κ3) is 3.67. The van der Waals surface area contributed by atoms with Gasteiger partial charge in [0, 0.05) is 32.5 Å². The molecule has 0 amide bonds. The van der Waals surface area contributed by atoms with Crippen LogP contribution >= 0.6 is 0 Å². The predicted molar refractivity (Wildman–Crippen MR) is 69.9 cm³/mol. The van der Waals surface area contributed by atoms with Gasteiger partial charge in [-0.3, -0.25) is 0 Å². The molecule has 4 heteroatoms. The molecule has 1 fully saturated rings. The van der Waals surface area contributed by atoms with Crippen molar-refractivity contribution in [3.63, 3.8) is 0 Å². The van der Waals surface area contributed by atoms with Crippen LogP contribution in [0.4, 0.5) is 0 Å². The summed E-state index contributed by atoms with van der Waals surface area (Å²) in [6, 6.07) is 0. The van der Waals surface area contributed by atoms with Crippen molar-refractivity contribution < 1.29 is 19.6 Å². The van der Waals surface area contributed by atoms with Crippen LogP contribution in [0.2, 0.25) is 0 Å². The summed E-state index contributed by atoms with van der Waals surface area (Å²) in [4.78, 5) is 10.9. The minimum atomic E-state index is -0.633. The Balaban J connectivity index is 2.52. The van der Waals surface area contributed by atoms with E-state index < -0.39 is 11.4 Å². The predicted octanol–water partition coefficient (Wildman–Crippen LogP) is 3.04. The quantitative estimate of drug-likeness (QED) is 0.538. The normalized spacial score (nSPS) is 33.8. The minimum Gasteiger partial charge on any atom is -0.396 e. The Morgan fingerprint density at radius 1 is 1.28 bits per heavy atom. The summed E-state index contributed by atoms with van der Waals surface area (Å²) in [7, 11) is 1.67. The summed E-state index contributed by atoms with van der Waals surface area (Å²) in [5.41, 5.74) is -0.463. The van der Waals surface area contributed by atoms with E-state index in [4.69, 9.17) is 14.5 Å². The summed E-state index contributed by atoms with van der Waals surface area (Å²) in [6.07, 6.45) is 6.25. The van der Waals surface area contributed by atoms with Gasteiger partial charge in [0.15, 0.2) is 0 Å². The van der Waals surface area contributed by atoms with E-state index in [2.05, 4.69) is 6.92 Å². The van der Waals surface area contributed by atoms with Crippen LogP contribution in [-0.4, -0.2) is 30.2 Å². The fourth-order valence-corrected chi connectivity index (χ4v) is 2.37. The van der Waals surface area contributed by atoms with Crippen LogP contribution in [0.5, 0.6) is 0 Å². The molecule has 0 aromatic rings. The number of ether oxygens (including phenoxy) is 1. The Bertz CT molecular complexity index is 246. The smallest absolute Gasteiger partial charge is 0.204 e. The molecule has 0 bridgehead atoms. The maximum Gasteiger partial charge on any atom is 0.204 e. The number of hydrogen-bond acceptors (Lipinski definition) is 4. The van der Waals surface area contributed by atoms with Crippen molar-refractivity contribution in [3.05, 3.63) is 0 Å². The highest BCUT2D eigenvalue weighted by Gasteiger charge is 2.51. The van der Waals surface area contributed by atoms with Gasteiger partial charge in [-0.2, -0.15) is 0 Å². The van der Waals surface area contributed by atoms with Crippen LogP contribution in [0.25, 0.3) is 0 Å². The lowest BCUT2D eigenvalue weighted by Gasteiger charge is -2.28. The molecular weight excluding hydrogens is 232 g/mol. The topological polar surface area (TPSA) is 47.9 Å². The minimum absolute atomic E-state index is 0.0326. The van der Waals surface area contributed by atoms with Crippen molar-refractivity contribution in [2.45, 2.75) is 70.7 Å². The van der Waals surface area contributed by atoms with Crippen LogP contribution in [0.3, 0.4) is 0 Å². The van der Waals surface area contributed by atoms with Crippen LogP contribution in [0.15, 0.2) is 0 Å². The first-order valence-electron chi connectivity index (χ1n) is 7.05. The van der Waals surface area contributed by atoms with Crippen molar-refractivity contribution in [2.24, 2.45) is 5.92 Å². The standard InChI is InChI=1S/C14H28O4/c1-5-6-7-8-9-14(16-4)11-13(3,17-18-14)12(2)10-15/h12,15H,5-11H2,1-4H3/t12-,13-,14-/m0/s1. The average molecular weight is 260 g/mol. The van der Waals surface area contributed by atoms with E-state index in [9.17, 15) is 5.11 Å². The summed E-state index contributed by atoms with van der Waals surface area (Å²) in [5, 5.41) is 9.27. The van der Waals surface area contributed by atoms with Gasteiger partial charge >= 0.3 is 0 Å². The van der Waals surface area contributed by atoms with Crippen molar-refractivity contribution >= 4 is 0 Å². The zero-order chi connectivity index (χ0) is 13.6. The van der Waals surface area contributed by atoms with Gasteiger partial charge in [-0.1, -0.05) is 33.1 Å². The first-order valence-corrected chi connectivity index (χ1v) is 7.05. The van der Waals surface area contributed by atoms with E-state index in [1.807, 2.05) is 13.8 Å². The molecule has 1 aliphatic heterocycles. The molecule has 0 saturated carbocycles. The van der Waals surface area contributed by atoms with Gasteiger partial charge in [0.05, 0.1) is 0 Å². The Kier molecular flexibility index (Phi) is 6.05. The zero-order valence-electron chi connectivity index (χ0n) is 12.2. The average Bonchev–Trinajstić information content (AvgIpc) is 2.74. The number of methoxy groups -OCH3 is 1. The number of aliphatic hydroxyl groups is 1. The van der Waals surface area contributed by atoms with Gasteiger partial charge in [-0.15, -0.1) is 0 Å². The van der Waals surface area contributed by atoms with E-state index in [1.54, 1.807) is 7.11 Å². The fraction of sp³-hybridized carbons (Fsp3) is 1.00. The number of rotatable bonds is 8. The summed E-state index contributed by atoms with van der Waals surface area (Å²) in [6.45, 7) is 6.23. The largest absolute Gasteiger partial charge is 0.396 e. The molecule has 1 rings (SSSR count). The third-order valence-corrected chi connectivity index (χ3v) is 4.10. The molecule has 0 aromatic carbocycles. The molecule has 1 saturated heterocycles. The number of unbranched alkanes of at least 4 members (excludes halogenated alkanes) is 3. The highest BCUT2D eigenvalue weighted by molar-refractivity contribution is 4.90. The molecule has 0 aromatic heterocycles. The van der Waals surface area contributed by atoms with E-state index in [0.29, 0.717) is 6.42 Å². The molecule has 1 aliphatic rings. The number of aliphatic hydroxyl groups excluding tert-OH is 1. The second-order valence-electron chi connectivity index (χ2n) is 5.67. The first-order chi connectivity index (χ1) is 8.52. The van der Waals surface area contributed by atoms with E-state index in [0.717, 1.165) is 12.8 Å². The molecule has 1 N–H and O–H groups in total. The number of hydrogen-bond donors (Lipinski definition) is 1. The summed E-state index contributed by atoms with van der Waals surface area (Å²) in [5.74, 6) is -0.600. The van der Waals surface area contributed by atoms with Crippen molar-refractivity contribution in [1.82, 2.24) is 0 Å². The SMILES string of the molecule is CCCCCC[C@@]1(OC)C[C@@](C)([C@@H](C)CO)OO1. The van der Waals surface area contributed by atoms with Gasteiger partial charge in [0.2, 0.25) is 5.79 Å². The lowest BCUT2D eigenvalue weighted by atomic mass is 9.84. The molecule has 0 unspecified atom stereocenters. The molecule has 0 radical (unpaired) electrons. The van der Waals surface area contributed by atoms with Gasteiger partial charge in [-0.25, -0.2) is 9.78 Å². The van der Waals surface area contributed by atoms with Crippen LogP contribution < -0.4 is 0 Å². The van der Waals surface area contributed by atoms with Crippen LogP contribution in [-0.2, 0) is 14.5 Å². The molecule has 18 heavy (non-hydrogen) atoms. The van der Waals surface area contributed by atoms with Gasteiger partial charge in [-0.05, 0) is 13.3 Å². The zero-order valence-corrected chi connectivity index (χ0v) is 12.2. The second kappa shape index (κ2) is 6.85. The lowest BCUT2D eigenvalue weighted by Crippen LogP contribution is -2.38. The van der Waals surface area contributed by atoms with Gasteiger partial charge in [0.1, 0.15) is 5.60 Å². The molecule has 3 atom stereocenters. The monoisotopic (exact) mass is 260 g/mol. The van der Waals surface area contributed by atoms with Crippen molar-refractivity contribution in [1.29, 1.82) is 0 Å². The Morgan fingerprint density at radius 2 is 2.00 bits per heavy atom. The fourth-order valence-electron chi connectivity index (χ4n) is 2.37. The molecule has 1 heterocycles. The van der Waals surface area contributed by atoms with Crippen molar-refractivity contribution in [3.8, 4) is 0 Å². The Labute approximate surface area is 111 Å². The van der Waals surface area contributed by atoms with E-state index in [1.165, 1.54) is 19.3 Å². The third-order valence-electron chi connectivity index (χ3n) is 4.10. The van der Waals surface area contributed by atoms with Gasteiger partial charge < -0.3 is 9.84 Å². The molecule has 0 spiro atoms. The first kappa shape index (κ1) is 15.9. The summed E-state index contributed by atoms with van der Waals surface area (Å²) >= 11 is 0. The molecule has 108 valence electrons. The second-order valence-corrected chi connectivity index (χ2v) is 5.67. The van der Waals surface area contributed by atoms with Gasteiger partial charge in [0.25, 0.3) is 0 Å². The van der Waals surface area contributed by atoms with Crippen LogP contribution in [0, 0.1) is 5.92 Å². The Morgan fingerprint density at radius 3 is 2.56 bits per heavy atom. The van der Waals surface area contributed by atoms with E-state index >= 15 is 0 Å².